The third kappa shape index (κ3) is 3.40. The Labute approximate surface area is 134 Å². The lowest BCUT2D eigenvalue weighted by Gasteiger charge is -2.07. The number of hydrogen-bond acceptors (Lipinski definition) is 5. The molecule has 1 aromatic heterocycles. The fourth-order valence-corrected chi connectivity index (χ4v) is 2.13. The van der Waals surface area contributed by atoms with Crippen LogP contribution < -0.4 is 9.47 Å². The number of rotatable bonds is 5. The smallest absolute Gasteiger partial charge is 0.250 e. The van der Waals surface area contributed by atoms with Gasteiger partial charge in [-0.05, 0) is 29.8 Å². The second-order valence-electron chi connectivity index (χ2n) is 4.77. The molecule has 0 fully saturated rings. The van der Waals surface area contributed by atoms with E-state index in [1.807, 2.05) is 54.6 Å². The summed E-state index contributed by atoms with van der Waals surface area (Å²) in [4.78, 5) is 4.37. The van der Waals surface area contributed by atoms with Crippen LogP contribution in [0, 0.1) is 0 Å². The molecule has 5 heteroatoms. The summed E-state index contributed by atoms with van der Waals surface area (Å²) in [7, 11) is 3.18. The first-order valence-corrected chi connectivity index (χ1v) is 7.09. The van der Waals surface area contributed by atoms with E-state index in [-0.39, 0.29) is 0 Å². The van der Waals surface area contributed by atoms with Crippen molar-refractivity contribution in [2.75, 3.05) is 14.2 Å². The second-order valence-corrected chi connectivity index (χ2v) is 4.77. The highest BCUT2D eigenvalue weighted by atomic mass is 16.5. The highest BCUT2D eigenvalue weighted by molar-refractivity contribution is 5.67. The van der Waals surface area contributed by atoms with Crippen LogP contribution in [0.1, 0.15) is 11.5 Å². The van der Waals surface area contributed by atoms with Gasteiger partial charge in [-0.2, -0.15) is 4.98 Å². The lowest BCUT2D eigenvalue weighted by atomic mass is 10.2. The monoisotopic (exact) mass is 308 g/mol. The fourth-order valence-electron chi connectivity index (χ4n) is 2.13. The van der Waals surface area contributed by atoms with Gasteiger partial charge >= 0.3 is 0 Å². The molecule has 0 spiro atoms. The fraction of sp³-hybridized carbons (Fsp3) is 0.111. The zero-order valence-electron chi connectivity index (χ0n) is 12.9. The lowest BCUT2D eigenvalue weighted by Crippen LogP contribution is -1.91. The molecule has 2 aromatic carbocycles. The van der Waals surface area contributed by atoms with Gasteiger partial charge in [-0.1, -0.05) is 35.5 Å². The first-order valence-electron chi connectivity index (χ1n) is 7.09. The van der Waals surface area contributed by atoms with Crippen molar-refractivity contribution < 1.29 is 14.0 Å². The van der Waals surface area contributed by atoms with Gasteiger partial charge in [0.05, 0.1) is 14.2 Å². The summed E-state index contributed by atoms with van der Waals surface area (Å²) in [6.45, 7) is 0. The Morgan fingerprint density at radius 2 is 1.70 bits per heavy atom. The molecule has 0 aliphatic carbocycles. The van der Waals surface area contributed by atoms with Crippen molar-refractivity contribution in [3.05, 3.63) is 60.0 Å². The minimum atomic E-state index is 0.443. The van der Waals surface area contributed by atoms with Crippen molar-refractivity contribution in [3.63, 3.8) is 0 Å². The maximum atomic E-state index is 5.29. The van der Waals surface area contributed by atoms with Crippen molar-refractivity contribution in [2.24, 2.45) is 0 Å². The first-order chi connectivity index (χ1) is 11.3. The van der Waals surface area contributed by atoms with E-state index in [1.165, 1.54) is 0 Å². The molecule has 0 atom stereocenters. The molecule has 3 aromatic rings. The largest absolute Gasteiger partial charge is 0.493 e. The molecule has 0 aliphatic rings. The Morgan fingerprint density at radius 3 is 2.43 bits per heavy atom. The lowest BCUT2D eigenvalue weighted by molar-refractivity contribution is 0.355. The summed E-state index contributed by atoms with van der Waals surface area (Å²) in [6.07, 6.45) is 3.71. The van der Waals surface area contributed by atoms with E-state index in [9.17, 15) is 0 Å². The molecule has 0 saturated carbocycles. The standard InChI is InChI=1S/C18H16N2O3/c1-21-15-10-9-14(12-16(15)22-2)18-19-17(23-20-18)11-8-13-6-4-3-5-7-13/h3-12H,1-2H3. The molecule has 0 N–H and O–H groups in total. The summed E-state index contributed by atoms with van der Waals surface area (Å²) in [5.74, 6) is 2.22. The van der Waals surface area contributed by atoms with E-state index in [0.717, 1.165) is 11.1 Å². The number of hydrogen-bond donors (Lipinski definition) is 0. The van der Waals surface area contributed by atoms with Gasteiger partial charge in [-0.3, -0.25) is 0 Å². The minimum absolute atomic E-state index is 0.443. The van der Waals surface area contributed by atoms with Gasteiger partial charge in [0.15, 0.2) is 11.5 Å². The van der Waals surface area contributed by atoms with Gasteiger partial charge in [-0.15, -0.1) is 0 Å². The predicted molar refractivity (Wildman–Crippen MR) is 88.2 cm³/mol. The average Bonchev–Trinajstić information content (AvgIpc) is 3.09. The summed E-state index contributed by atoms with van der Waals surface area (Å²) in [5.41, 5.74) is 1.86. The minimum Gasteiger partial charge on any atom is -0.493 e. The topological polar surface area (TPSA) is 57.4 Å². The molecule has 0 unspecified atom stereocenters. The van der Waals surface area contributed by atoms with Gasteiger partial charge in [0, 0.05) is 11.6 Å². The molecule has 0 bridgehead atoms. The molecule has 5 nitrogen and oxygen atoms in total. The zero-order chi connectivity index (χ0) is 16.1. The van der Waals surface area contributed by atoms with Crippen molar-refractivity contribution in [1.82, 2.24) is 10.1 Å². The van der Waals surface area contributed by atoms with E-state index in [2.05, 4.69) is 10.1 Å². The van der Waals surface area contributed by atoms with Crippen LogP contribution in [0.3, 0.4) is 0 Å². The van der Waals surface area contributed by atoms with Crippen LogP contribution in [0.25, 0.3) is 23.5 Å². The van der Waals surface area contributed by atoms with Crippen LogP contribution in [0.4, 0.5) is 0 Å². The molecular formula is C18H16N2O3. The highest BCUT2D eigenvalue weighted by Gasteiger charge is 2.10. The molecule has 0 aliphatic heterocycles. The molecule has 1 heterocycles. The number of ether oxygens (including phenoxy) is 2. The quantitative estimate of drug-likeness (QED) is 0.715. The van der Waals surface area contributed by atoms with E-state index in [1.54, 1.807) is 20.3 Å². The Balaban J connectivity index is 1.83. The molecule has 0 amide bonds. The molecule has 23 heavy (non-hydrogen) atoms. The van der Waals surface area contributed by atoms with Crippen LogP contribution in [0.5, 0.6) is 11.5 Å². The van der Waals surface area contributed by atoms with Crippen molar-refractivity contribution >= 4 is 12.2 Å². The normalized spacial score (nSPS) is 10.9. The third-order valence-electron chi connectivity index (χ3n) is 3.30. The summed E-state index contributed by atoms with van der Waals surface area (Å²) in [5, 5.41) is 4.00. The van der Waals surface area contributed by atoms with E-state index in [4.69, 9.17) is 14.0 Å². The zero-order valence-corrected chi connectivity index (χ0v) is 12.9. The molecular weight excluding hydrogens is 292 g/mol. The SMILES string of the molecule is COc1ccc(-c2noc(C=Cc3ccccc3)n2)cc1OC. The number of nitrogens with zero attached hydrogens (tertiary/aromatic N) is 2. The van der Waals surface area contributed by atoms with Crippen molar-refractivity contribution in [3.8, 4) is 22.9 Å². The van der Waals surface area contributed by atoms with E-state index >= 15 is 0 Å². The number of benzene rings is 2. The molecule has 3 rings (SSSR count). The Kier molecular flexibility index (Phi) is 4.38. The summed E-state index contributed by atoms with van der Waals surface area (Å²) >= 11 is 0. The van der Waals surface area contributed by atoms with Crippen LogP contribution in [0.2, 0.25) is 0 Å². The van der Waals surface area contributed by atoms with Gasteiger partial charge < -0.3 is 14.0 Å². The van der Waals surface area contributed by atoms with Gasteiger partial charge in [0.2, 0.25) is 5.82 Å². The molecule has 116 valence electrons. The van der Waals surface area contributed by atoms with Crippen LogP contribution in [0.15, 0.2) is 53.1 Å². The Morgan fingerprint density at radius 1 is 0.913 bits per heavy atom. The predicted octanol–water partition coefficient (Wildman–Crippen LogP) is 3.92. The summed E-state index contributed by atoms with van der Waals surface area (Å²) < 4.78 is 15.8. The van der Waals surface area contributed by atoms with Gasteiger partial charge in [0.25, 0.3) is 5.89 Å². The van der Waals surface area contributed by atoms with Gasteiger partial charge in [-0.25, -0.2) is 0 Å². The number of aromatic nitrogens is 2. The Bertz CT molecular complexity index is 810. The van der Waals surface area contributed by atoms with Crippen molar-refractivity contribution in [1.29, 1.82) is 0 Å². The van der Waals surface area contributed by atoms with E-state index in [0.29, 0.717) is 23.2 Å². The van der Waals surface area contributed by atoms with E-state index < -0.39 is 0 Å². The average molecular weight is 308 g/mol. The maximum Gasteiger partial charge on any atom is 0.250 e. The second kappa shape index (κ2) is 6.79. The van der Waals surface area contributed by atoms with Crippen LogP contribution in [-0.2, 0) is 0 Å². The maximum absolute atomic E-state index is 5.29. The Hall–Kier alpha value is -3.08. The molecule has 0 radical (unpaired) electrons. The van der Waals surface area contributed by atoms with Gasteiger partial charge in [0.1, 0.15) is 0 Å². The first kappa shape index (κ1) is 14.8. The highest BCUT2D eigenvalue weighted by Crippen LogP contribution is 2.31. The van der Waals surface area contributed by atoms with Crippen molar-refractivity contribution in [2.45, 2.75) is 0 Å². The van der Waals surface area contributed by atoms with Crippen LogP contribution in [-0.4, -0.2) is 24.4 Å². The summed E-state index contributed by atoms with van der Waals surface area (Å²) in [6, 6.07) is 15.4. The number of methoxy groups -OCH3 is 2. The molecule has 0 saturated heterocycles. The third-order valence-corrected chi connectivity index (χ3v) is 3.30. The van der Waals surface area contributed by atoms with Crippen LogP contribution >= 0.6 is 0 Å².